The monoisotopic (exact) mass is 561 g/mol. The minimum Gasteiger partial charge on any atom is -0.370 e. The van der Waals surface area contributed by atoms with Crippen molar-refractivity contribution < 1.29 is 0 Å². The number of nitrogens with one attached hydrogen (secondary N) is 1. The Morgan fingerprint density at radius 1 is 1.00 bits per heavy atom. The standard InChI is InChI=1S/C32H40ClN5S/c1-20-15-21(2)19-36(18-20)29-13-12-25(17-27(29)33)38-31(30(35-32(38)39)28-11-7-8-14-34-28)26-16-22(3)37(23(26)4)24-9-5-6-10-24/h7-8,11-14,16-17,20-21,24,30-31H,5-6,9-10,15,18-19H2,1-4H3,(H,35,39)/t20-,21+,30-,31+/m0/s1. The maximum absolute atomic E-state index is 7.03. The fourth-order valence-corrected chi connectivity index (χ4v) is 8.18. The summed E-state index contributed by atoms with van der Waals surface area (Å²) in [7, 11) is 0. The predicted molar refractivity (Wildman–Crippen MR) is 166 cm³/mol. The van der Waals surface area contributed by atoms with E-state index in [1.165, 1.54) is 49.1 Å². The van der Waals surface area contributed by atoms with E-state index in [9.17, 15) is 0 Å². The Balaban J connectivity index is 1.41. The van der Waals surface area contributed by atoms with Gasteiger partial charge in [0.05, 0.1) is 28.5 Å². The first kappa shape index (κ1) is 26.6. The van der Waals surface area contributed by atoms with Gasteiger partial charge in [-0.05, 0) is 99.1 Å². The number of rotatable bonds is 5. The number of benzene rings is 1. The summed E-state index contributed by atoms with van der Waals surface area (Å²) < 4.78 is 2.58. The highest BCUT2D eigenvalue weighted by Crippen LogP contribution is 2.46. The second-order valence-electron chi connectivity index (χ2n) is 12.1. The molecule has 1 saturated carbocycles. The average Bonchev–Trinajstić information content (AvgIpc) is 3.61. The van der Waals surface area contributed by atoms with Gasteiger partial charge in [-0.1, -0.05) is 44.4 Å². The van der Waals surface area contributed by atoms with Crippen molar-refractivity contribution in [3.63, 3.8) is 0 Å². The molecule has 0 unspecified atom stereocenters. The molecule has 4 heterocycles. The number of piperidine rings is 1. The molecule has 1 aliphatic carbocycles. The van der Waals surface area contributed by atoms with Crippen molar-refractivity contribution >= 4 is 40.3 Å². The topological polar surface area (TPSA) is 36.3 Å². The van der Waals surface area contributed by atoms with Gasteiger partial charge in [0.2, 0.25) is 0 Å². The van der Waals surface area contributed by atoms with E-state index >= 15 is 0 Å². The molecule has 5 nitrogen and oxygen atoms in total. The molecular formula is C32H40ClN5S. The molecule has 2 aromatic heterocycles. The van der Waals surface area contributed by atoms with Crippen LogP contribution in [0.5, 0.6) is 0 Å². The van der Waals surface area contributed by atoms with Crippen molar-refractivity contribution in [2.24, 2.45) is 11.8 Å². The van der Waals surface area contributed by atoms with Crippen LogP contribution in [0, 0.1) is 25.7 Å². The normalized spacial score (nSPS) is 25.9. The lowest BCUT2D eigenvalue weighted by Gasteiger charge is -2.37. The van der Waals surface area contributed by atoms with Gasteiger partial charge in [0.25, 0.3) is 0 Å². The number of hydrogen-bond donors (Lipinski definition) is 1. The number of halogens is 1. The van der Waals surface area contributed by atoms with Crippen LogP contribution in [-0.4, -0.2) is 27.8 Å². The zero-order chi connectivity index (χ0) is 27.3. The van der Waals surface area contributed by atoms with Gasteiger partial charge in [0.15, 0.2) is 5.11 Å². The molecule has 0 bridgehead atoms. The molecule has 0 spiro atoms. The quantitative estimate of drug-likeness (QED) is 0.320. The highest BCUT2D eigenvalue weighted by Gasteiger charge is 2.43. The summed E-state index contributed by atoms with van der Waals surface area (Å²) in [6, 6.07) is 15.5. The molecule has 3 aliphatic rings. The van der Waals surface area contributed by atoms with Crippen molar-refractivity contribution in [2.75, 3.05) is 22.9 Å². The van der Waals surface area contributed by atoms with Gasteiger partial charge < -0.3 is 19.7 Å². The van der Waals surface area contributed by atoms with E-state index in [0.29, 0.717) is 23.0 Å². The average molecular weight is 562 g/mol. The van der Waals surface area contributed by atoms with Gasteiger partial charge in [0.1, 0.15) is 0 Å². The molecule has 0 radical (unpaired) electrons. The van der Waals surface area contributed by atoms with Crippen LogP contribution >= 0.6 is 23.8 Å². The molecule has 1 N–H and O–H groups in total. The van der Waals surface area contributed by atoms with Crippen molar-refractivity contribution in [1.29, 1.82) is 0 Å². The maximum atomic E-state index is 7.03. The van der Waals surface area contributed by atoms with Crippen LogP contribution in [0.4, 0.5) is 11.4 Å². The maximum Gasteiger partial charge on any atom is 0.174 e. The fourth-order valence-electron chi connectivity index (χ4n) is 7.54. The lowest BCUT2D eigenvalue weighted by atomic mass is 9.91. The summed E-state index contributed by atoms with van der Waals surface area (Å²) >= 11 is 13.1. The minimum absolute atomic E-state index is 0.0225. The lowest BCUT2D eigenvalue weighted by molar-refractivity contribution is 0.357. The van der Waals surface area contributed by atoms with Crippen LogP contribution in [0.25, 0.3) is 0 Å². The van der Waals surface area contributed by atoms with E-state index in [1.807, 2.05) is 12.3 Å². The van der Waals surface area contributed by atoms with Crippen LogP contribution in [0.2, 0.25) is 5.02 Å². The number of nitrogens with zero attached hydrogens (tertiary/aromatic N) is 4. The summed E-state index contributed by atoms with van der Waals surface area (Å²) in [5, 5.41) is 5.13. The largest absolute Gasteiger partial charge is 0.370 e. The van der Waals surface area contributed by atoms with Crippen LogP contribution in [-0.2, 0) is 0 Å². The number of aromatic nitrogens is 2. The van der Waals surface area contributed by atoms with E-state index in [1.54, 1.807) is 0 Å². The molecule has 3 aromatic rings. The minimum atomic E-state index is -0.0570. The molecule has 4 atom stereocenters. The van der Waals surface area contributed by atoms with E-state index in [2.05, 4.69) is 83.8 Å². The molecule has 39 heavy (non-hydrogen) atoms. The van der Waals surface area contributed by atoms with Gasteiger partial charge in [-0.3, -0.25) is 4.98 Å². The second kappa shape index (κ2) is 10.8. The highest BCUT2D eigenvalue weighted by molar-refractivity contribution is 7.80. The molecule has 206 valence electrons. The van der Waals surface area contributed by atoms with E-state index in [4.69, 9.17) is 28.8 Å². The Labute approximate surface area is 243 Å². The number of pyridine rings is 1. The van der Waals surface area contributed by atoms with Crippen LogP contribution < -0.4 is 15.1 Å². The van der Waals surface area contributed by atoms with Gasteiger partial charge in [-0.25, -0.2) is 0 Å². The molecule has 0 amide bonds. The molecule has 2 saturated heterocycles. The van der Waals surface area contributed by atoms with Gasteiger partial charge >= 0.3 is 0 Å². The number of hydrogen-bond acceptors (Lipinski definition) is 3. The Hall–Kier alpha value is -2.57. The summed E-state index contributed by atoms with van der Waals surface area (Å²) in [5.41, 5.74) is 7.11. The zero-order valence-corrected chi connectivity index (χ0v) is 25.1. The Morgan fingerprint density at radius 2 is 1.74 bits per heavy atom. The van der Waals surface area contributed by atoms with Crippen LogP contribution in [0.15, 0.2) is 48.7 Å². The third-order valence-corrected chi connectivity index (χ3v) is 9.67. The first-order valence-corrected chi connectivity index (χ1v) is 15.3. The van der Waals surface area contributed by atoms with Crippen molar-refractivity contribution in [3.05, 3.63) is 76.3 Å². The first-order valence-electron chi connectivity index (χ1n) is 14.5. The van der Waals surface area contributed by atoms with Crippen molar-refractivity contribution in [3.8, 4) is 0 Å². The Morgan fingerprint density at radius 3 is 2.41 bits per heavy atom. The van der Waals surface area contributed by atoms with E-state index in [-0.39, 0.29) is 12.1 Å². The van der Waals surface area contributed by atoms with Gasteiger partial charge in [0, 0.05) is 42.4 Å². The lowest BCUT2D eigenvalue weighted by Crippen LogP contribution is -2.38. The number of aryl methyl sites for hydroxylation is 1. The third kappa shape index (κ3) is 4.95. The fraction of sp³-hybridized carbons (Fsp3) is 0.500. The number of thiocarbonyl (C=S) groups is 1. The molecular weight excluding hydrogens is 522 g/mol. The Kier molecular flexibility index (Phi) is 7.36. The van der Waals surface area contributed by atoms with Crippen molar-refractivity contribution in [2.45, 2.75) is 77.9 Å². The van der Waals surface area contributed by atoms with Crippen LogP contribution in [0.3, 0.4) is 0 Å². The first-order chi connectivity index (χ1) is 18.8. The molecule has 3 fully saturated rings. The molecule has 1 aromatic carbocycles. The molecule has 7 heteroatoms. The van der Waals surface area contributed by atoms with Crippen LogP contribution in [0.1, 0.15) is 86.7 Å². The SMILES string of the molecule is Cc1cc([C@@H]2[C@H](c3ccccn3)NC(=S)N2c2ccc(N3C[C@H](C)C[C@H](C)C3)c(Cl)c2)c(C)n1C1CCCC1. The third-order valence-electron chi connectivity index (χ3n) is 9.05. The summed E-state index contributed by atoms with van der Waals surface area (Å²) in [4.78, 5) is 9.48. The van der Waals surface area contributed by atoms with E-state index < -0.39 is 0 Å². The van der Waals surface area contributed by atoms with E-state index in [0.717, 1.165) is 35.2 Å². The zero-order valence-electron chi connectivity index (χ0n) is 23.5. The highest BCUT2D eigenvalue weighted by atomic mass is 35.5. The summed E-state index contributed by atoms with van der Waals surface area (Å²) in [6.07, 6.45) is 8.29. The second-order valence-corrected chi connectivity index (χ2v) is 12.9. The summed E-state index contributed by atoms with van der Waals surface area (Å²) in [5.74, 6) is 1.33. The van der Waals surface area contributed by atoms with Gasteiger partial charge in [-0.15, -0.1) is 0 Å². The molecule has 6 rings (SSSR count). The number of anilines is 2. The Bertz CT molecular complexity index is 1340. The molecule has 2 aliphatic heterocycles. The van der Waals surface area contributed by atoms with Crippen molar-refractivity contribution in [1.82, 2.24) is 14.9 Å². The predicted octanol–water partition coefficient (Wildman–Crippen LogP) is 7.93. The summed E-state index contributed by atoms with van der Waals surface area (Å²) in [6.45, 7) is 11.3. The smallest absolute Gasteiger partial charge is 0.174 e. The van der Waals surface area contributed by atoms with Gasteiger partial charge in [-0.2, -0.15) is 0 Å².